The van der Waals surface area contributed by atoms with Gasteiger partial charge in [-0.05, 0) is 60.9 Å². The van der Waals surface area contributed by atoms with Crippen LogP contribution in [0.5, 0.6) is 0 Å². The molecule has 246 valence electrons. The fraction of sp³-hybridized carbons (Fsp3) is 0.289. The van der Waals surface area contributed by atoms with E-state index in [1.165, 1.54) is 11.1 Å². The molecule has 0 aliphatic carbocycles. The van der Waals surface area contributed by atoms with Crippen molar-refractivity contribution in [2.24, 2.45) is 14.1 Å². The first-order chi connectivity index (χ1) is 23.3. The number of amides is 2. The van der Waals surface area contributed by atoms with E-state index < -0.39 is 0 Å². The Morgan fingerprint density at radius 3 is 2.38 bits per heavy atom. The van der Waals surface area contributed by atoms with Crippen LogP contribution in [0.4, 0.5) is 11.4 Å². The van der Waals surface area contributed by atoms with Crippen molar-refractivity contribution in [1.29, 1.82) is 0 Å². The second-order valence-electron chi connectivity index (χ2n) is 12.6. The Hall–Kier alpha value is -4.70. The summed E-state index contributed by atoms with van der Waals surface area (Å²) in [5, 5.41) is 4.84. The van der Waals surface area contributed by atoms with Crippen molar-refractivity contribution in [3.8, 4) is 11.3 Å². The van der Waals surface area contributed by atoms with Crippen LogP contribution in [0.25, 0.3) is 11.3 Å². The van der Waals surface area contributed by atoms with Gasteiger partial charge in [0.15, 0.2) is 0 Å². The van der Waals surface area contributed by atoms with Gasteiger partial charge < -0.3 is 14.2 Å². The van der Waals surface area contributed by atoms with Crippen LogP contribution >= 0.6 is 11.6 Å². The number of ether oxygens (including phenoxy) is 1. The van der Waals surface area contributed by atoms with Crippen molar-refractivity contribution in [1.82, 2.24) is 24.1 Å². The molecular weight excluding hydrogens is 624 g/mol. The third-order valence-electron chi connectivity index (χ3n) is 9.61. The Labute approximate surface area is 285 Å². The van der Waals surface area contributed by atoms with Crippen molar-refractivity contribution in [2.75, 3.05) is 37.7 Å². The number of benzene rings is 3. The zero-order valence-corrected chi connectivity index (χ0v) is 28.2. The minimum absolute atomic E-state index is 0.000211. The van der Waals surface area contributed by atoms with Crippen LogP contribution in [0.2, 0.25) is 5.02 Å². The Morgan fingerprint density at radius 2 is 1.65 bits per heavy atom. The van der Waals surface area contributed by atoms with E-state index in [1.807, 2.05) is 91.3 Å². The highest BCUT2D eigenvalue weighted by Crippen LogP contribution is 2.35. The van der Waals surface area contributed by atoms with Gasteiger partial charge in [0, 0.05) is 85.7 Å². The molecule has 3 aromatic carbocycles. The minimum atomic E-state index is -0.193. The predicted octanol–water partition coefficient (Wildman–Crippen LogP) is 6.27. The Morgan fingerprint density at radius 1 is 0.917 bits per heavy atom. The lowest BCUT2D eigenvalue weighted by Crippen LogP contribution is -2.52. The lowest BCUT2D eigenvalue weighted by atomic mass is 9.92. The van der Waals surface area contributed by atoms with Crippen molar-refractivity contribution in [3.63, 3.8) is 0 Å². The number of para-hydroxylation sites is 1. The van der Waals surface area contributed by atoms with Gasteiger partial charge in [-0.2, -0.15) is 5.10 Å². The predicted molar refractivity (Wildman–Crippen MR) is 188 cm³/mol. The number of hydrogen-bond acceptors (Lipinski definition) is 5. The van der Waals surface area contributed by atoms with Gasteiger partial charge in [0.1, 0.15) is 0 Å². The Kier molecular flexibility index (Phi) is 8.92. The summed E-state index contributed by atoms with van der Waals surface area (Å²) in [4.78, 5) is 35.2. The van der Waals surface area contributed by atoms with E-state index >= 15 is 0 Å². The quantitative estimate of drug-likeness (QED) is 0.206. The molecule has 5 aromatic rings. The smallest absolute Gasteiger partial charge is 0.264 e. The van der Waals surface area contributed by atoms with Gasteiger partial charge in [0.25, 0.3) is 11.8 Å². The van der Waals surface area contributed by atoms with E-state index in [1.54, 1.807) is 21.8 Å². The lowest BCUT2D eigenvalue weighted by molar-refractivity contribution is 0.0193. The van der Waals surface area contributed by atoms with Crippen LogP contribution in [0, 0.1) is 6.92 Å². The molecule has 2 amide bonds. The number of halogens is 1. The second-order valence-corrected chi connectivity index (χ2v) is 13.0. The number of anilines is 2. The van der Waals surface area contributed by atoms with E-state index in [2.05, 4.69) is 28.2 Å². The standard InChI is InChI=1S/C38H39ClN6O3/c1-26-34(38(47)45(30-11-5-4-6-12-30)32-22-40-41(2)24-32)21-36(42(26)3)35-20-29(39)13-14-33(35)37(46)44-23-28-10-8-7-9-27(28)19-31(44)25-43-15-17-48-18-16-43/h4-14,20-22,24,31H,15-19,23,25H2,1-3H3/t31-/m0/s1. The molecule has 1 fully saturated rings. The third kappa shape index (κ3) is 6.17. The minimum Gasteiger partial charge on any atom is -0.379 e. The molecule has 0 N–H and O–H groups in total. The SMILES string of the molecule is Cc1c(C(=O)N(c2ccccc2)c2cnn(C)c2)cc(-c2cc(Cl)ccc2C(=O)N2Cc3ccccc3C[C@H]2CN2CCOCC2)n1C. The molecule has 1 atom stereocenters. The highest BCUT2D eigenvalue weighted by atomic mass is 35.5. The molecular formula is C38H39ClN6O3. The second kappa shape index (κ2) is 13.4. The number of aromatic nitrogens is 3. The molecule has 0 unspecified atom stereocenters. The van der Waals surface area contributed by atoms with E-state index in [0.717, 1.165) is 43.1 Å². The topological polar surface area (TPSA) is 75.8 Å². The average Bonchev–Trinajstić information content (AvgIpc) is 3.66. The number of fused-ring (bicyclic) bond motifs is 1. The molecule has 1 saturated heterocycles. The van der Waals surface area contributed by atoms with Crippen LogP contribution in [0.15, 0.2) is 91.3 Å². The number of aryl methyl sites for hydroxylation is 1. The highest BCUT2D eigenvalue weighted by Gasteiger charge is 2.34. The third-order valence-corrected chi connectivity index (χ3v) is 9.84. The number of carbonyl (C=O) groups is 2. The fourth-order valence-electron chi connectivity index (χ4n) is 6.92. The summed E-state index contributed by atoms with van der Waals surface area (Å²) < 4.78 is 9.25. The van der Waals surface area contributed by atoms with Crippen molar-refractivity contribution in [2.45, 2.75) is 25.9 Å². The molecule has 2 aromatic heterocycles. The summed E-state index contributed by atoms with van der Waals surface area (Å²) in [5.41, 5.74) is 7.12. The number of rotatable bonds is 7. The average molecular weight is 663 g/mol. The molecule has 48 heavy (non-hydrogen) atoms. The number of morpholine rings is 1. The van der Waals surface area contributed by atoms with Gasteiger partial charge in [0.2, 0.25) is 0 Å². The van der Waals surface area contributed by atoms with Gasteiger partial charge in [0.05, 0.1) is 30.7 Å². The van der Waals surface area contributed by atoms with E-state index in [0.29, 0.717) is 47.2 Å². The Balaban J connectivity index is 1.27. The molecule has 9 nitrogen and oxygen atoms in total. The van der Waals surface area contributed by atoms with Crippen LogP contribution in [-0.4, -0.2) is 74.9 Å². The maximum absolute atomic E-state index is 14.7. The fourth-order valence-corrected chi connectivity index (χ4v) is 7.09. The van der Waals surface area contributed by atoms with E-state index in [9.17, 15) is 9.59 Å². The summed E-state index contributed by atoms with van der Waals surface area (Å²) >= 11 is 6.62. The van der Waals surface area contributed by atoms with Crippen LogP contribution in [0.1, 0.15) is 37.5 Å². The van der Waals surface area contributed by atoms with Crippen LogP contribution in [0.3, 0.4) is 0 Å². The number of carbonyl (C=O) groups excluding carboxylic acids is 2. The summed E-state index contributed by atoms with van der Waals surface area (Å²) in [6.07, 6.45) is 4.29. The van der Waals surface area contributed by atoms with Crippen LogP contribution in [-0.2, 0) is 31.8 Å². The molecule has 0 bridgehead atoms. The summed E-state index contributed by atoms with van der Waals surface area (Å²) in [6.45, 7) is 6.34. The maximum Gasteiger partial charge on any atom is 0.264 e. The molecule has 4 heterocycles. The van der Waals surface area contributed by atoms with E-state index in [4.69, 9.17) is 16.3 Å². The van der Waals surface area contributed by atoms with Crippen molar-refractivity contribution < 1.29 is 14.3 Å². The summed E-state index contributed by atoms with van der Waals surface area (Å²) in [5.74, 6) is -0.246. The molecule has 10 heteroatoms. The molecule has 0 radical (unpaired) electrons. The highest BCUT2D eigenvalue weighted by molar-refractivity contribution is 6.31. The zero-order chi connectivity index (χ0) is 33.4. The largest absolute Gasteiger partial charge is 0.379 e. The molecule has 2 aliphatic rings. The van der Waals surface area contributed by atoms with Gasteiger partial charge in [-0.15, -0.1) is 0 Å². The Bertz CT molecular complexity index is 1960. The van der Waals surface area contributed by atoms with Gasteiger partial charge in [-0.1, -0.05) is 54.1 Å². The molecule has 0 spiro atoms. The van der Waals surface area contributed by atoms with Gasteiger partial charge >= 0.3 is 0 Å². The zero-order valence-electron chi connectivity index (χ0n) is 27.5. The first kappa shape index (κ1) is 31.9. The van der Waals surface area contributed by atoms with Crippen molar-refractivity contribution in [3.05, 3.63) is 124 Å². The van der Waals surface area contributed by atoms with E-state index in [-0.39, 0.29) is 17.9 Å². The van der Waals surface area contributed by atoms with Gasteiger partial charge in [-0.25, -0.2) is 0 Å². The molecule has 0 saturated carbocycles. The number of hydrogen-bond donors (Lipinski definition) is 0. The van der Waals surface area contributed by atoms with Crippen molar-refractivity contribution >= 4 is 34.8 Å². The number of nitrogens with zero attached hydrogens (tertiary/aromatic N) is 6. The molecule has 7 rings (SSSR count). The normalized spacial score (nSPS) is 16.5. The first-order valence-corrected chi connectivity index (χ1v) is 16.7. The maximum atomic E-state index is 14.7. The lowest BCUT2D eigenvalue weighted by Gasteiger charge is -2.40. The molecule has 2 aliphatic heterocycles. The summed E-state index contributed by atoms with van der Waals surface area (Å²) in [6, 6.07) is 25.2. The first-order valence-electron chi connectivity index (χ1n) is 16.3. The van der Waals surface area contributed by atoms with Gasteiger partial charge in [-0.3, -0.25) is 24.1 Å². The van der Waals surface area contributed by atoms with Crippen LogP contribution < -0.4 is 4.90 Å². The summed E-state index contributed by atoms with van der Waals surface area (Å²) in [7, 11) is 3.75. The monoisotopic (exact) mass is 662 g/mol.